The van der Waals surface area contributed by atoms with Crippen LogP contribution in [0.25, 0.3) is 0 Å². The smallest absolute Gasteiger partial charge is 0 e. The molecule has 1 aromatic rings. The van der Waals surface area contributed by atoms with Gasteiger partial charge in [-0.1, -0.05) is 56.9 Å². The molecule has 1 heteroatoms. The molecule has 1 aromatic carbocycles. The van der Waals surface area contributed by atoms with Gasteiger partial charge in [0.25, 0.3) is 0 Å². The Labute approximate surface area is 101 Å². The predicted octanol–water partition coefficient (Wildman–Crippen LogP) is 4.00. The third-order valence-corrected chi connectivity index (χ3v) is 2.36. The summed E-state index contributed by atoms with van der Waals surface area (Å²) in [6.07, 6.45) is 8.08. The number of benzene rings is 1. The fourth-order valence-electron chi connectivity index (χ4n) is 1.52. The maximum Gasteiger partial charge on any atom is 0 e. The van der Waals surface area contributed by atoms with Gasteiger partial charge in [-0.3, -0.25) is 0 Å². The third kappa shape index (κ3) is 6.32. The van der Waals surface area contributed by atoms with E-state index in [2.05, 4.69) is 25.1 Å². The molecular formula is C13H19Zn. The zero-order chi connectivity index (χ0) is 9.36. The topological polar surface area (TPSA) is 0 Å². The summed E-state index contributed by atoms with van der Waals surface area (Å²) in [6, 6.07) is 11.4. The van der Waals surface area contributed by atoms with E-state index in [-0.39, 0.29) is 19.5 Å². The molecule has 0 aliphatic rings. The van der Waals surface area contributed by atoms with Gasteiger partial charge in [-0.05, 0) is 24.5 Å². The molecule has 0 heterocycles. The Morgan fingerprint density at radius 1 is 1.00 bits per heavy atom. The van der Waals surface area contributed by atoms with Crippen LogP contribution in [-0.2, 0) is 25.9 Å². The molecule has 1 rings (SSSR count). The van der Waals surface area contributed by atoms with Gasteiger partial charge in [-0.25, -0.2) is 0 Å². The maximum atomic E-state index is 3.04. The monoisotopic (exact) mass is 239 g/mol. The van der Waals surface area contributed by atoms with E-state index in [9.17, 15) is 0 Å². The van der Waals surface area contributed by atoms with E-state index in [4.69, 9.17) is 0 Å². The van der Waals surface area contributed by atoms with Gasteiger partial charge >= 0.3 is 0 Å². The molecule has 0 aromatic heterocycles. The molecule has 73 valence electrons. The average molecular weight is 241 g/mol. The molecule has 0 saturated carbocycles. The molecule has 0 unspecified atom stereocenters. The zero-order valence-electron chi connectivity index (χ0n) is 9.26. The average Bonchev–Trinajstić information content (AvgIpc) is 2.19. The van der Waals surface area contributed by atoms with Crippen molar-refractivity contribution in [2.45, 2.75) is 45.4 Å². The summed E-state index contributed by atoms with van der Waals surface area (Å²) >= 11 is 0. The van der Waals surface area contributed by atoms with Crippen molar-refractivity contribution in [3.05, 3.63) is 35.9 Å². The molecule has 14 heavy (non-hydrogen) atoms. The number of hydrogen-bond donors (Lipinski definition) is 0. The number of rotatable bonds is 6. The van der Waals surface area contributed by atoms with E-state index in [1.165, 1.54) is 44.1 Å². The maximum absolute atomic E-state index is 3.04. The Morgan fingerprint density at radius 3 is 2.29 bits per heavy atom. The van der Waals surface area contributed by atoms with Gasteiger partial charge in [0.05, 0.1) is 0 Å². The van der Waals surface area contributed by atoms with Gasteiger partial charge in [0.15, 0.2) is 0 Å². The summed E-state index contributed by atoms with van der Waals surface area (Å²) in [4.78, 5) is 0. The van der Waals surface area contributed by atoms with Crippen LogP contribution < -0.4 is 0 Å². The Balaban J connectivity index is 0.00000169. The molecule has 0 atom stereocenters. The summed E-state index contributed by atoms with van der Waals surface area (Å²) in [7, 11) is 0. The van der Waals surface area contributed by atoms with E-state index in [0.717, 1.165) is 0 Å². The van der Waals surface area contributed by atoms with E-state index in [0.29, 0.717) is 0 Å². The van der Waals surface area contributed by atoms with Crippen LogP contribution >= 0.6 is 0 Å². The number of aryl methyl sites for hydroxylation is 1. The van der Waals surface area contributed by atoms with Crippen molar-refractivity contribution in [3.63, 3.8) is 0 Å². The third-order valence-electron chi connectivity index (χ3n) is 2.36. The van der Waals surface area contributed by atoms with E-state index < -0.39 is 0 Å². The minimum atomic E-state index is 0. The van der Waals surface area contributed by atoms with Crippen molar-refractivity contribution in [1.82, 2.24) is 0 Å². The molecule has 0 N–H and O–H groups in total. The van der Waals surface area contributed by atoms with Crippen LogP contribution in [0.1, 0.15) is 44.6 Å². The SMILES string of the molecule is CCCCCCCc1cc[c]cc1.[Zn]. The Bertz CT molecular complexity index is 206. The first-order chi connectivity index (χ1) is 6.43. The molecule has 0 aliphatic carbocycles. The molecular weight excluding hydrogens is 222 g/mol. The molecule has 0 bridgehead atoms. The van der Waals surface area contributed by atoms with Crippen LogP contribution in [0.2, 0.25) is 0 Å². The Morgan fingerprint density at radius 2 is 1.64 bits per heavy atom. The first kappa shape index (κ1) is 13.8. The molecule has 0 aliphatic heterocycles. The first-order valence-electron chi connectivity index (χ1n) is 5.38. The van der Waals surface area contributed by atoms with Gasteiger partial charge in [0, 0.05) is 19.5 Å². The van der Waals surface area contributed by atoms with Gasteiger partial charge in [0.2, 0.25) is 0 Å². The molecule has 0 fully saturated rings. The zero-order valence-corrected chi connectivity index (χ0v) is 12.2. The molecule has 0 spiro atoms. The molecule has 0 nitrogen and oxygen atoms in total. The summed E-state index contributed by atoms with van der Waals surface area (Å²) in [5.74, 6) is 0. The Hall–Kier alpha value is -0.157. The standard InChI is InChI=1S/C13H19.Zn/c1-2-3-4-5-7-10-13-11-8-6-9-12-13;/h8-9,11-12H,2-5,7,10H2,1H3;. The van der Waals surface area contributed by atoms with Crippen LogP contribution in [0.3, 0.4) is 0 Å². The van der Waals surface area contributed by atoms with Crippen molar-refractivity contribution in [2.75, 3.05) is 0 Å². The van der Waals surface area contributed by atoms with Crippen LogP contribution in [0.5, 0.6) is 0 Å². The molecule has 0 amide bonds. The second kappa shape index (κ2) is 9.40. The van der Waals surface area contributed by atoms with Crippen molar-refractivity contribution >= 4 is 0 Å². The van der Waals surface area contributed by atoms with Crippen molar-refractivity contribution in [1.29, 1.82) is 0 Å². The van der Waals surface area contributed by atoms with Crippen molar-refractivity contribution in [3.8, 4) is 0 Å². The van der Waals surface area contributed by atoms with Crippen LogP contribution in [0.15, 0.2) is 24.3 Å². The number of hydrogen-bond acceptors (Lipinski definition) is 0. The van der Waals surface area contributed by atoms with Gasteiger partial charge in [-0.2, -0.15) is 0 Å². The van der Waals surface area contributed by atoms with E-state index in [1.54, 1.807) is 0 Å². The molecule has 1 radical (unpaired) electrons. The van der Waals surface area contributed by atoms with Crippen LogP contribution in [0.4, 0.5) is 0 Å². The summed E-state index contributed by atoms with van der Waals surface area (Å²) in [5, 5.41) is 0. The molecule has 0 saturated heterocycles. The van der Waals surface area contributed by atoms with Gasteiger partial charge < -0.3 is 0 Å². The fraction of sp³-hybridized carbons (Fsp3) is 0.538. The number of unbranched alkanes of at least 4 members (excludes halogenated alkanes) is 4. The first-order valence-corrected chi connectivity index (χ1v) is 5.38. The van der Waals surface area contributed by atoms with Gasteiger partial charge in [-0.15, -0.1) is 0 Å². The second-order valence-corrected chi connectivity index (χ2v) is 3.57. The van der Waals surface area contributed by atoms with Gasteiger partial charge in [0.1, 0.15) is 0 Å². The minimum Gasteiger partial charge on any atom is -0.0654 e. The van der Waals surface area contributed by atoms with Crippen molar-refractivity contribution < 1.29 is 19.5 Å². The normalized spacial score (nSPS) is 9.50. The summed E-state index contributed by atoms with van der Waals surface area (Å²) in [6.45, 7) is 2.26. The van der Waals surface area contributed by atoms with E-state index in [1.807, 2.05) is 12.1 Å². The quantitative estimate of drug-likeness (QED) is 0.521. The Kier molecular flexibility index (Phi) is 9.30. The predicted molar refractivity (Wildman–Crippen MR) is 57.7 cm³/mol. The summed E-state index contributed by atoms with van der Waals surface area (Å²) in [5.41, 5.74) is 1.45. The van der Waals surface area contributed by atoms with Crippen LogP contribution in [-0.4, -0.2) is 0 Å². The summed E-state index contributed by atoms with van der Waals surface area (Å²) < 4.78 is 0. The fourth-order valence-corrected chi connectivity index (χ4v) is 1.52. The minimum absolute atomic E-state index is 0. The second-order valence-electron chi connectivity index (χ2n) is 3.57. The van der Waals surface area contributed by atoms with E-state index >= 15 is 0 Å². The van der Waals surface area contributed by atoms with Crippen molar-refractivity contribution in [2.24, 2.45) is 0 Å². The van der Waals surface area contributed by atoms with Crippen LogP contribution in [0, 0.1) is 6.07 Å². The largest absolute Gasteiger partial charge is 0.0654 e.